The molecule has 6 nitrogen and oxygen atoms in total. The first-order valence-corrected chi connectivity index (χ1v) is 6.55. The molecule has 106 valence electrons. The van der Waals surface area contributed by atoms with Crippen molar-refractivity contribution in [2.45, 2.75) is 26.8 Å². The summed E-state index contributed by atoms with van der Waals surface area (Å²) in [6, 6.07) is 8.51. The molecule has 0 aliphatic carbocycles. The van der Waals surface area contributed by atoms with Gasteiger partial charge in [-0.3, -0.25) is 14.8 Å². The molecule has 0 aliphatic rings. The fourth-order valence-corrected chi connectivity index (χ4v) is 2.06. The summed E-state index contributed by atoms with van der Waals surface area (Å²) in [7, 11) is 0. The predicted molar refractivity (Wildman–Crippen MR) is 77.9 cm³/mol. The van der Waals surface area contributed by atoms with Gasteiger partial charge in [0.1, 0.15) is 0 Å². The first kappa shape index (κ1) is 14.0. The Morgan fingerprint density at radius 3 is 2.55 bits per heavy atom. The number of benzene rings is 1. The highest BCUT2D eigenvalue weighted by Gasteiger charge is 2.03. The van der Waals surface area contributed by atoms with Crippen LogP contribution < -0.4 is 5.32 Å². The second kappa shape index (κ2) is 6.18. The zero-order valence-electron chi connectivity index (χ0n) is 11.7. The van der Waals surface area contributed by atoms with E-state index in [0.717, 1.165) is 36.6 Å². The Balaban J connectivity index is 1.78. The normalized spacial score (nSPS) is 10.5. The molecule has 0 saturated carbocycles. The van der Waals surface area contributed by atoms with Gasteiger partial charge < -0.3 is 5.32 Å². The summed E-state index contributed by atoms with van der Waals surface area (Å²) in [6.07, 6.45) is 0.943. The van der Waals surface area contributed by atoms with E-state index in [-0.39, 0.29) is 5.69 Å². The molecule has 0 aliphatic heterocycles. The summed E-state index contributed by atoms with van der Waals surface area (Å²) < 4.78 is 1.99. The second-order valence-corrected chi connectivity index (χ2v) is 4.73. The third-order valence-electron chi connectivity index (χ3n) is 3.06. The Kier molecular flexibility index (Phi) is 4.34. The van der Waals surface area contributed by atoms with E-state index in [1.54, 1.807) is 12.1 Å². The van der Waals surface area contributed by atoms with Crippen molar-refractivity contribution in [3.63, 3.8) is 0 Å². The molecule has 0 atom stereocenters. The average molecular weight is 274 g/mol. The molecule has 0 radical (unpaired) electrons. The number of rotatable bonds is 6. The zero-order chi connectivity index (χ0) is 14.5. The van der Waals surface area contributed by atoms with Crippen LogP contribution in [0.3, 0.4) is 0 Å². The molecular weight excluding hydrogens is 256 g/mol. The molecule has 6 heteroatoms. The molecule has 0 amide bonds. The van der Waals surface area contributed by atoms with Crippen molar-refractivity contribution in [1.29, 1.82) is 0 Å². The minimum Gasteiger partial charge on any atom is -0.385 e. The Hall–Kier alpha value is -2.37. The lowest BCUT2D eigenvalue weighted by atomic mass is 10.3. The van der Waals surface area contributed by atoms with Crippen LogP contribution in [0, 0.1) is 24.0 Å². The van der Waals surface area contributed by atoms with Crippen molar-refractivity contribution in [2.24, 2.45) is 0 Å². The molecule has 0 saturated heterocycles. The summed E-state index contributed by atoms with van der Waals surface area (Å²) in [5.74, 6) is 0. The van der Waals surface area contributed by atoms with E-state index in [1.165, 1.54) is 12.1 Å². The number of hydrogen-bond acceptors (Lipinski definition) is 4. The number of anilines is 1. The first-order valence-electron chi connectivity index (χ1n) is 6.55. The molecule has 1 heterocycles. The van der Waals surface area contributed by atoms with Gasteiger partial charge in [-0.25, -0.2) is 0 Å². The first-order chi connectivity index (χ1) is 9.56. The van der Waals surface area contributed by atoms with Crippen molar-refractivity contribution in [2.75, 3.05) is 11.9 Å². The van der Waals surface area contributed by atoms with Gasteiger partial charge in [-0.2, -0.15) is 5.10 Å². The van der Waals surface area contributed by atoms with E-state index < -0.39 is 4.92 Å². The van der Waals surface area contributed by atoms with Crippen LogP contribution in [0.4, 0.5) is 11.4 Å². The summed E-state index contributed by atoms with van der Waals surface area (Å²) in [4.78, 5) is 10.1. The molecule has 0 bridgehead atoms. The fourth-order valence-electron chi connectivity index (χ4n) is 2.06. The zero-order valence-corrected chi connectivity index (χ0v) is 11.7. The average Bonchev–Trinajstić information content (AvgIpc) is 2.73. The number of nitrogens with one attached hydrogen (secondary N) is 1. The molecule has 1 N–H and O–H groups in total. The number of nitro groups is 1. The number of non-ortho nitro benzene ring substituents is 1. The van der Waals surface area contributed by atoms with Crippen LogP contribution in [0.15, 0.2) is 30.3 Å². The Labute approximate surface area is 117 Å². The van der Waals surface area contributed by atoms with Crippen LogP contribution in [-0.2, 0) is 6.54 Å². The number of nitro benzene ring substituents is 1. The van der Waals surface area contributed by atoms with E-state index >= 15 is 0 Å². The van der Waals surface area contributed by atoms with Crippen molar-refractivity contribution in [1.82, 2.24) is 9.78 Å². The van der Waals surface area contributed by atoms with Crippen LogP contribution in [0.2, 0.25) is 0 Å². The Morgan fingerprint density at radius 2 is 2.00 bits per heavy atom. The van der Waals surface area contributed by atoms with E-state index in [4.69, 9.17) is 0 Å². The number of hydrogen-bond donors (Lipinski definition) is 1. The van der Waals surface area contributed by atoms with Gasteiger partial charge in [0.25, 0.3) is 5.69 Å². The largest absolute Gasteiger partial charge is 0.385 e. The quantitative estimate of drug-likeness (QED) is 0.499. The van der Waals surface area contributed by atoms with Gasteiger partial charge >= 0.3 is 0 Å². The SMILES string of the molecule is Cc1cc(C)n(CCCNc2ccc([N+](=O)[O-])cc2)n1. The van der Waals surface area contributed by atoms with Crippen LogP contribution in [0.5, 0.6) is 0 Å². The number of nitrogens with zero attached hydrogens (tertiary/aromatic N) is 3. The molecule has 0 spiro atoms. The fraction of sp³-hybridized carbons (Fsp3) is 0.357. The van der Waals surface area contributed by atoms with Crippen LogP contribution in [0.25, 0.3) is 0 Å². The lowest BCUT2D eigenvalue weighted by Gasteiger charge is -2.07. The number of aryl methyl sites for hydroxylation is 3. The highest BCUT2D eigenvalue weighted by atomic mass is 16.6. The minimum atomic E-state index is -0.396. The lowest BCUT2D eigenvalue weighted by molar-refractivity contribution is -0.384. The summed E-state index contributed by atoms with van der Waals surface area (Å²) in [5, 5.41) is 18.2. The van der Waals surface area contributed by atoms with E-state index in [2.05, 4.69) is 16.5 Å². The lowest BCUT2D eigenvalue weighted by Crippen LogP contribution is -2.08. The van der Waals surface area contributed by atoms with Crippen molar-refractivity contribution < 1.29 is 4.92 Å². The van der Waals surface area contributed by atoms with Gasteiger partial charge in [0.05, 0.1) is 10.6 Å². The van der Waals surface area contributed by atoms with Gasteiger partial charge in [0, 0.05) is 36.6 Å². The van der Waals surface area contributed by atoms with E-state index in [9.17, 15) is 10.1 Å². The molecular formula is C14H18N4O2. The Bertz CT molecular complexity index is 590. The predicted octanol–water partition coefficient (Wildman–Crippen LogP) is 2.91. The molecule has 1 aromatic carbocycles. The summed E-state index contributed by atoms with van der Waals surface area (Å²) in [5.41, 5.74) is 3.20. The maximum absolute atomic E-state index is 10.5. The maximum atomic E-state index is 10.5. The monoisotopic (exact) mass is 274 g/mol. The van der Waals surface area contributed by atoms with Crippen LogP contribution in [-0.4, -0.2) is 21.2 Å². The van der Waals surface area contributed by atoms with Crippen molar-refractivity contribution >= 4 is 11.4 Å². The third-order valence-corrected chi connectivity index (χ3v) is 3.06. The second-order valence-electron chi connectivity index (χ2n) is 4.73. The third kappa shape index (κ3) is 3.57. The molecule has 0 unspecified atom stereocenters. The smallest absolute Gasteiger partial charge is 0.269 e. The van der Waals surface area contributed by atoms with Gasteiger partial charge in [-0.05, 0) is 38.5 Å². The highest BCUT2D eigenvalue weighted by molar-refractivity contribution is 5.48. The maximum Gasteiger partial charge on any atom is 0.269 e. The Morgan fingerprint density at radius 1 is 1.30 bits per heavy atom. The van der Waals surface area contributed by atoms with E-state index in [0.29, 0.717) is 0 Å². The van der Waals surface area contributed by atoms with Crippen LogP contribution in [0.1, 0.15) is 17.8 Å². The highest BCUT2D eigenvalue weighted by Crippen LogP contribution is 2.15. The molecule has 2 aromatic rings. The standard InChI is InChI=1S/C14H18N4O2/c1-11-10-12(2)17(16-11)9-3-8-15-13-4-6-14(7-5-13)18(19)20/h4-7,10,15H,3,8-9H2,1-2H3. The van der Waals surface area contributed by atoms with Crippen molar-refractivity contribution in [3.8, 4) is 0 Å². The summed E-state index contributed by atoms with van der Waals surface area (Å²) >= 11 is 0. The molecule has 1 aromatic heterocycles. The number of aromatic nitrogens is 2. The minimum absolute atomic E-state index is 0.109. The summed E-state index contributed by atoms with van der Waals surface area (Å²) in [6.45, 7) is 5.69. The van der Waals surface area contributed by atoms with Crippen molar-refractivity contribution in [3.05, 3.63) is 51.8 Å². The van der Waals surface area contributed by atoms with Gasteiger partial charge in [0.15, 0.2) is 0 Å². The molecule has 0 fully saturated rings. The molecule has 20 heavy (non-hydrogen) atoms. The van der Waals surface area contributed by atoms with Gasteiger partial charge in [0.2, 0.25) is 0 Å². The molecule has 2 rings (SSSR count). The van der Waals surface area contributed by atoms with Crippen LogP contribution >= 0.6 is 0 Å². The van der Waals surface area contributed by atoms with Gasteiger partial charge in [-0.1, -0.05) is 0 Å². The van der Waals surface area contributed by atoms with E-state index in [1.807, 2.05) is 18.5 Å². The van der Waals surface area contributed by atoms with Gasteiger partial charge in [-0.15, -0.1) is 0 Å². The topological polar surface area (TPSA) is 73.0 Å².